The summed E-state index contributed by atoms with van der Waals surface area (Å²) in [5.74, 6) is -0.559. The Kier molecular flexibility index (Phi) is 6.89. The van der Waals surface area contributed by atoms with Crippen LogP contribution in [-0.2, 0) is 32.9 Å². The van der Waals surface area contributed by atoms with Crippen molar-refractivity contribution >= 4 is 25.5 Å². The van der Waals surface area contributed by atoms with Crippen LogP contribution in [0.2, 0.25) is 0 Å². The van der Waals surface area contributed by atoms with Crippen LogP contribution in [-0.4, -0.2) is 45.8 Å². The minimum atomic E-state index is -4.54. The third-order valence-corrected chi connectivity index (χ3v) is 10.2. The highest BCUT2D eigenvalue weighted by Gasteiger charge is 2.68. The van der Waals surface area contributed by atoms with Crippen LogP contribution in [0.4, 0.5) is 0 Å². The number of allylic oxidation sites excluding steroid dienone is 1. The number of carbonyl (C=O) groups is 3. The summed E-state index contributed by atoms with van der Waals surface area (Å²) in [5.41, 5.74) is -0.737. The van der Waals surface area contributed by atoms with E-state index in [1.807, 2.05) is 0 Å². The van der Waals surface area contributed by atoms with Crippen LogP contribution >= 0.6 is 7.82 Å². The Bertz CT molecular complexity index is 985. The Hall–Kier alpha value is -1.54. The Balaban J connectivity index is 1.61. The number of ketones is 1. The van der Waals surface area contributed by atoms with Gasteiger partial charge in [0.2, 0.25) is 5.78 Å². The fraction of sp³-hybridized carbons (Fsp3) is 0.800. The molecule has 2 N–H and O–H groups in total. The number of hydrogen-bond donors (Lipinski definition) is 2. The number of hydrogen-bond acceptors (Lipinski definition) is 7. The molecule has 0 unspecified atom stereocenters. The normalized spacial score (nSPS) is 40.6. The standard InChI is InChI=1S/C25H37O9P/c1-15(26)32-14-22(28)25(33-16(2)27)12-9-21-19-6-5-17-13-18(34-35(29,30)31)7-10-23(17,3)20(19)8-11-24(21,25)4/h5,18-21H,6-14H2,1-4H3,(H2,29,30,31)/t18-,19-,20+,21+,23+,24+,25+/m1/s1. The largest absolute Gasteiger partial charge is 0.469 e. The fourth-order valence-corrected chi connectivity index (χ4v) is 8.69. The van der Waals surface area contributed by atoms with E-state index >= 15 is 0 Å². The van der Waals surface area contributed by atoms with Crippen LogP contribution < -0.4 is 0 Å². The maximum Gasteiger partial charge on any atom is 0.469 e. The van der Waals surface area contributed by atoms with E-state index < -0.39 is 43.5 Å². The van der Waals surface area contributed by atoms with E-state index in [9.17, 15) is 28.7 Å². The van der Waals surface area contributed by atoms with Gasteiger partial charge in [0.05, 0.1) is 6.10 Å². The predicted molar refractivity (Wildman–Crippen MR) is 125 cm³/mol. The van der Waals surface area contributed by atoms with Gasteiger partial charge in [-0.2, -0.15) is 0 Å². The number of fused-ring (bicyclic) bond motifs is 5. The van der Waals surface area contributed by atoms with Gasteiger partial charge in [0.25, 0.3) is 0 Å². The molecule has 9 nitrogen and oxygen atoms in total. The summed E-state index contributed by atoms with van der Waals surface area (Å²) >= 11 is 0. The first-order valence-electron chi connectivity index (χ1n) is 12.5. The molecule has 0 radical (unpaired) electrons. The number of carbonyl (C=O) groups excluding carboxylic acids is 3. The zero-order valence-corrected chi connectivity index (χ0v) is 21.8. The summed E-state index contributed by atoms with van der Waals surface area (Å²) in [4.78, 5) is 55.5. The first-order chi connectivity index (χ1) is 16.2. The number of rotatable bonds is 6. The van der Waals surface area contributed by atoms with Crippen molar-refractivity contribution in [3.8, 4) is 0 Å². The van der Waals surface area contributed by atoms with Crippen molar-refractivity contribution in [2.75, 3.05) is 6.61 Å². The molecule has 0 heterocycles. The number of esters is 2. The average molecular weight is 513 g/mol. The topological polar surface area (TPSA) is 136 Å². The lowest BCUT2D eigenvalue weighted by Gasteiger charge is -2.59. The SMILES string of the molecule is CC(=O)OCC(=O)[C@@]1(OC(C)=O)CC[C@H]2[C@@H]3CC=C4C[C@H](OP(=O)(O)O)CC[C@]4(C)[C@H]3CC[C@@]21C. The minimum Gasteiger partial charge on any atom is -0.458 e. The molecule has 0 bridgehead atoms. The van der Waals surface area contributed by atoms with Crippen molar-refractivity contribution in [3.63, 3.8) is 0 Å². The molecule has 0 aromatic carbocycles. The highest BCUT2D eigenvalue weighted by atomic mass is 31.2. The van der Waals surface area contributed by atoms with Crippen LogP contribution in [0.3, 0.4) is 0 Å². The lowest BCUT2D eigenvalue weighted by atomic mass is 9.46. The van der Waals surface area contributed by atoms with Crippen LogP contribution in [0, 0.1) is 28.6 Å². The Morgan fingerprint density at radius 2 is 1.71 bits per heavy atom. The van der Waals surface area contributed by atoms with Gasteiger partial charge in [-0.3, -0.25) is 18.9 Å². The molecule has 10 heteroatoms. The van der Waals surface area contributed by atoms with E-state index in [-0.39, 0.29) is 17.1 Å². The Morgan fingerprint density at radius 3 is 2.34 bits per heavy atom. The van der Waals surface area contributed by atoms with Crippen molar-refractivity contribution in [2.24, 2.45) is 28.6 Å². The summed E-state index contributed by atoms with van der Waals surface area (Å²) < 4.78 is 27.3. The maximum absolute atomic E-state index is 13.4. The van der Waals surface area contributed by atoms with Gasteiger partial charge >= 0.3 is 19.8 Å². The number of phosphoric acid groups is 1. The van der Waals surface area contributed by atoms with Gasteiger partial charge in [0.1, 0.15) is 0 Å². The van der Waals surface area contributed by atoms with Gasteiger partial charge in [0, 0.05) is 19.3 Å². The van der Waals surface area contributed by atoms with E-state index in [4.69, 9.17) is 14.0 Å². The quantitative estimate of drug-likeness (QED) is 0.309. The summed E-state index contributed by atoms with van der Waals surface area (Å²) in [6.07, 6.45) is 7.18. The van der Waals surface area contributed by atoms with Crippen LogP contribution in [0.5, 0.6) is 0 Å². The van der Waals surface area contributed by atoms with Crippen LogP contribution in [0.25, 0.3) is 0 Å². The first kappa shape index (κ1) is 26.5. The summed E-state index contributed by atoms with van der Waals surface area (Å²) in [6.45, 7) is 6.48. The molecule has 35 heavy (non-hydrogen) atoms. The number of phosphoric ester groups is 1. The molecule has 196 valence electrons. The van der Waals surface area contributed by atoms with Gasteiger partial charge in [-0.1, -0.05) is 25.5 Å². The van der Waals surface area contributed by atoms with E-state index in [2.05, 4.69) is 19.9 Å². The lowest BCUT2D eigenvalue weighted by molar-refractivity contribution is -0.190. The third kappa shape index (κ3) is 4.54. The molecule has 0 aliphatic heterocycles. The van der Waals surface area contributed by atoms with Gasteiger partial charge < -0.3 is 19.3 Å². The van der Waals surface area contributed by atoms with Crippen molar-refractivity contribution in [1.29, 1.82) is 0 Å². The zero-order chi connectivity index (χ0) is 25.8. The molecule has 0 aromatic rings. The summed E-state index contributed by atoms with van der Waals surface area (Å²) in [5, 5.41) is 0. The predicted octanol–water partition coefficient (Wildman–Crippen LogP) is 3.86. The van der Waals surface area contributed by atoms with Crippen LogP contribution in [0.15, 0.2) is 11.6 Å². The van der Waals surface area contributed by atoms with Gasteiger partial charge in [-0.05, 0) is 74.5 Å². The first-order valence-corrected chi connectivity index (χ1v) is 14.0. The molecular weight excluding hydrogens is 475 g/mol. The smallest absolute Gasteiger partial charge is 0.458 e. The molecule has 4 rings (SSSR count). The molecule has 4 aliphatic rings. The molecular formula is C25H37O9P. The third-order valence-electron chi connectivity index (χ3n) is 9.64. The van der Waals surface area contributed by atoms with Crippen molar-refractivity contribution in [3.05, 3.63) is 11.6 Å². The molecule has 3 saturated carbocycles. The highest BCUT2D eigenvalue weighted by Crippen LogP contribution is 2.68. The van der Waals surface area contributed by atoms with E-state index in [0.717, 1.165) is 25.7 Å². The second-order valence-electron chi connectivity index (χ2n) is 11.3. The number of Topliss-reactive ketones (excluding diaryl/α,β-unsaturated/α-hetero) is 1. The van der Waals surface area contributed by atoms with Crippen molar-refractivity contribution < 1.29 is 42.7 Å². The van der Waals surface area contributed by atoms with E-state index in [1.165, 1.54) is 19.4 Å². The molecule has 4 aliphatic carbocycles. The highest BCUT2D eigenvalue weighted by molar-refractivity contribution is 7.46. The van der Waals surface area contributed by atoms with E-state index in [0.29, 0.717) is 37.5 Å². The Morgan fingerprint density at radius 1 is 1.03 bits per heavy atom. The minimum absolute atomic E-state index is 0.0898. The molecule has 0 saturated heterocycles. The van der Waals surface area contributed by atoms with E-state index in [1.54, 1.807) is 0 Å². The average Bonchev–Trinajstić information content (AvgIpc) is 3.04. The maximum atomic E-state index is 13.4. The van der Waals surface area contributed by atoms with Crippen molar-refractivity contribution in [1.82, 2.24) is 0 Å². The second kappa shape index (κ2) is 9.09. The van der Waals surface area contributed by atoms with Crippen LogP contribution in [0.1, 0.15) is 79.1 Å². The monoisotopic (exact) mass is 512 g/mol. The Labute approximate surface area is 206 Å². The van der Waals surface area contributed by atoms with Gasteiger partial charge in [-0.25, -0.2) is 4.57 Å². The molecule has 0 spiro atoms. The second-order valence-corrected chi connectivity index (χ2v) is 12.5. The molecule has 3 fully saturated rings. The molecule has 0 aromatic heterocycles. The summed E-state index contributed by atoms with van der Waals surface area (Å²) in [7, 11) is -4.54. The molecule has 7 atom stereocenters. The van der Waals surface area contributed by atoms with Crippen molar-refractivity contribution in [2.45, 2.75) is 90.8 Å². The fourth-order valence-electron chi connectivity index (χ4n) is 8.12. The molecule has 0 amide bonds. The van der Waals surface area contributed by atoms with Gasteiger partial charge in [0.15, 0.2) is 12.2 Å². The van der Waals surface area contributed by atoms with Gasteiger partial charge in [-0.15, -0.1) is 0 Å². The lowest BCUT2D eigenvalue weighted by Crippen LogP contribution is -2.59. The number of ether oxygens (including phenoxy) is 2. The summed E-state index contributed by atoms with van der Waals surface area (Å²) in [6, 6.07) is 0. The zero-order valence-electron chi connectivity index (χ0n) is 21.0.